The molecule has 0 heterocycles. The molecule has 0 N–H and O–H groups in total. The summed E-state index contributed by atoms with van der Waals surface area (Å²) < 4.78 is 45.1. The largest absolute Gasteiger partial charge is 0.573 e. The van der Waals surface area contributed by atoms with Crippen LogP contribution in [0.2, 0.25) is 0 Å². The van der Waals surface area contributed by atoms with Gasteiger partial charge in [-0.25, -0.2) is 0 Å². The monoisotopic (exact) mass is 245 g/mol. The Kier molecular flexibility index (Phi) is 4.21. The fourth-order valence-corrected chi connectivity index (χ4v) is 1.11. The minimum absolute atomic E-state index is 0.0989. The standard InChI is InChI=1S/C11H10F3NO2/c1-2-8(7-15)16-9-5-3-4-6-10(9)17-11(12,13)14/h3-6,8H,2H2,1H3. The Morgan fingerprint density at radius 2 is 1.88 bits per heavy atom. The SMILES string of the molecule is CCC(C#N)Oc1ccccc1OC(F)(F)F. The highest BCUT2D eigenvalue weighted by Gasteiger charge is 2.32. The van der Waals surface area contributed by atoms with Gasteiger partial charge in [-0.3, -0.25) is 0 Å². The van der Waals surface area contributed by atoms with E-state index in [0.29, 0.717) is 6.42 Å². The molecule has 1 rings (SSSR count). The Hall–Kier alpha value is -1.90. The minimum Gasteiger partial charge on any atom is -0.472 e. The maximum Gasteiger partial charge on any atom is 0.573 e. The molecule has 0 saturated carbocycles. The first-order valence-corrected chi connectivity index (χ1v) is 4.87. The van der Waals surface area contributed by atoms with Crippen molar-refractivity contribution in [1.29, 1.82) is 5.26 Å². The van der Waals surface area contributed by atoms with Gasteiger partial charge in [0.25, 0.3) is 0 Å². The number of halogens is 3. The summed E-state index contributed by atoms with van der Waals surface area (Å²) in [6, 6.07) is 7.18. The highest BCUT2D eigenvalue weighted by molar-refractivity contribution is 5.40. The third-order valence-electron chi connectivity index (χ3n) is 1.86. The van der Waals surface area contributed by atoms with E-state index in [1.807, 2.05) is 6.07 Å². The number of benzene rings is 1. The molecule has 0 bridgehead atoms. The molecule has 1 unspecified atom stereocenters. The van der Waals surface area contributed by atoms with E-state index in [1.54, 1.807) is 6.92 Å². The van der Waals surface area contributed by atoms with E-state index < -0.39 is 18.2 Å². The van der Waals surface area contributed by atoms with Gasteiger partial charge in [-0.05, 0) is 18.6 Å². The van der Waals surface area contributed by atoms with Gasteiger partial charge in [0.15, 0.2) is 17.6 Å². The van der Waals surface area contributed by atoms with Crippen LogP contribution in [0.15, 0.2) is 24.3 Å². The Labute approximate surface area is 96.4 Å². The van der Waals surface area contributed by atoms with Gasteiger partial charge in [0.2, 0.25) is 0 Å². The Balaban J connectivity index is 2.89. The van der Waals surface area contributed by atoms with Gasteiger partial charge in [0.1, 0.15) is 6.07 Å². The van der Waals surface area contributed by atoms with E-state index in [9.17, 15) is 13.2 Å². The van der Waals surface area contributed by atoms with Crippen LogP contribution in [-0.2, 0) is 0 Å². The maximum absolute atomic E-state index is 12.1. The molecule has 1 aromatic carbocycles. The number of ether oxygens (including phenoxy) is 2. The van der Waals surface area contributed by atoms with Crippen molar-refractivity contribution in [3.63, 3.8) is 0 Å². The summed E-state index contributed by atoms with van der Waals surface area (Å²) >= 11 is 0. The first-order chi connectivity index (χ1) is 7.96. The van der Waals surface area contributed by atoms with Crippen LogP contribution in [-0.4, -0.2) is 12.5 Å². The lowest BCUT2D eigenvalue weighted by molar-refractivity contribution is -0.275. The molecule has 92 valence electrons. The van der Waals surface area contributed by atoms with Crippen LogP contribution in [0.5, 0.6) is 11.5 Å². The molecule has 0 aliphatic rings. The van der Waals surface area contributed by atoms with E-state index in [1.165, 1.54) is 18.2 Å². The van der Waals surface area contributed by atoms with Crippen molar-refractivity contribution in [1.82, 2.24) is 0 Å². The summed E-state index contributed by atoms with van der Waals surface area (Å²) in [7, 11) is 0. The zero-order valence-electron chi connectivity index (χ0n) is 8.99. The summed E-state index contributed by atoms with van der Waals surface area (Å²) in [5.41, 5.74) is 0. The zero-order valence-corrected chi connectivity index (χ0v) is 8.99. The number of rotatable bonds is 4. The number of hydrogen-bond donors (Lipinski definition) is 0. The summed E-state index contributed by atoms with van der Waals surface area (Å²) in [4.78, 5) is 0. The summed E-state index contributed by atoms with van der Waals surface area (Å²) in [6.07, 6.45) is -5.21. The van der Waals surface area contributed by atoms with Gasteiger partial charge < -0.3 is 9.47 Å². The molecule has 3 nitrogen and oxygen atoms in total. The van der Waals surface area contributed by atoms with Crippen LogP contribution in [0.1, 0.15) is 13.3 Å². The van der Waals surface area contributed by atoms with Crippen molar-refractivity contribution in [2.24, 2.45) is 0 Å². The van der Waals surface area contributed by atoms with Gasteiger partial charge in [-0.1, -0.05) is 19.1 Å². The summed E-state index contributed by atoms with van der Waals surface area (Å²) in [6.45, 7) is 1.70. The molecular formula is C11H10F3NO2. The van der Waals surface area contributed by atoms with Crippen LogP contribution >= 0.6 is 0 Å². The van der Waals surface area contributed by atoms with E-state index in [0.717, 1.165) is 6.07 Å². The van der Waals surface area contributed by atoms with Gasteiger partial charge in [0.05, 0.1) is 0 Å². The lowest BCUT2D eigenvalue weighted by Gasteiger charge is -2.15. The molecule has 0 aromatic heterocycles. The fourth-order valence-electron chi connectivity index (χ4n) is 1.11. The maximum atomic E-state index is 12.1. The first-order valence-electron chi connectivity index (χ1n) is 4.87. The molecule has 0 radical (unpaired) electrons. The Morgan fingerprint density at radius 1 is 1.29 bits per heavy atom. The van der Waals surface area contributed by atoms with Crippen LogP contribution in [0.25, 0.3) is 0 Å². The van der Waals surface area contributed by atoms with E-state index in [-0.39, 0.29) is 5.75 Å². The van der Waals surface area contributed by atoms with Crippen molar-refractivity contribution in [2.75, 3.05) is 0 Å². The average molecular weight is 245 g/mol. The molecule has 1 aromatic rings. The van der Waals surface area contributed by atoms with Crippen LogP contribution < -0.4 is 9.47 Å². The molecule has 0 spiro atoms. The predicted molar refractivity (Wildman–Crippen MR) is 53.4 cm³/mol. The second-order valence-electron chi connectivity index (χ2n) is 3.14. The second kappa shape index (κ2) is 5.43. The van der Waals surface area contributed by atoms with Crippen LogP contribution in [0.3, 0.4) is 0 Å². The van der Waals surface area contributed by atoms with Gasteiger partial charge in [-0.15, -0.1) is 13.2 Å². The fraction of sp³-hybridized carbons (Fsp3) is 0.364. The number of hydrogen-bond acceptors (Lipinski definition) is 3. The molecule has 0 fully saturated rings. The first kappa shape index (κ1) is 13.2. The quantitative estimate of drug-likeness (QED) is 0.817. The van der Waals surface area contributed by atoms with Crippen molar-refractivity contribution >= 4 is 0 Å². The molecule has 6 heteroatoms. The predicted octanol–water partition coefficient (Wildman–Crippen LogP) is 3.27. The summed E-state index contributed by atoms with van der Waals surface area (Å²) in [5.74, 6) is -0.549. The third-order valence-corrected chi connectivity index (χ3v) is 1.86. The molecule has 0 aliphatic heterocycles. The molecular weight excluding hydrogens is 235 g/mol. The number of nitriles is 1. The second-order valence-corrected chi connectivity index (χ2v) is 3.14. The lowest BCUT2D eigenvalue weighted by Crippen LogP contribution is -2.19. The smallest absolute Gasteiger partial charge is 0.472 e. The van der Waals surface area contributed by atoms with Crippen molar-refractivity contribution < 1.29 is 22.6 Å². The highest BCUT2D eigenvalue weighted by atomic mass is 19.4. The van der Waals surface area contributed by atoms with Crippen LogP contribution in [0, 0.1) is 11.3 Å². The normalized spacial score (nSPS) is 12.6. The topological polar surface area (TPSA) is 42.2 Å². The zero-order chi connectivity index (χ0) is 12.9. The number of para-hydroxylation sites is 2. The third kappa shape index (κ3) is 4.23. The molecule has 0 amide bonds. The Morgan fingerprint density at radius 3 is 2.35 bits per heavy atom. The average Bonchev–Trinajstić information content (AvgIpc) is 2.26. The molecule has 0 saturated heterocycles. The van der Waals surface area contributed by atoms with E-state index in [4.69, 9.17) is 10.00 Å². The van der Waals surface area contributed by atoms with E-state index >= 15 is 0 Å². The van der Waals surface area contributed by atoms with Crippen molar-refractivity contribution in [3.05, 3.63) is 24.3 Å². The molecule has 17 heavy (non-hydrogen) atoms. The summed E-state index contributed by atoms with van der Waals surface area (Å²) in [5, 5.41) is 8.67. The highest BCUT2D eigenvalue weighted by Crippen LogP contribution is 2.32. The van der Waals surface area contributed by atoms with Crippen LogP contribution in [0.4, 0.5) is 13.2 Å². The van der Waals surface area contributed by atoms with Crippen molar-refractivity contribution in [3.8, 4) is 17.6 Å². The number of nitrogens with zero attached hydrogens (tertiary/aromatic N) is 1. The minimum atomic E-state index is -4.78. The van der Waals surface area contributed by atoms with Crippen molar-refractivity contribution in [2.45, 2.75) is 25.8 Å². The lowest BCUT2D eigenvalue weighted by atomic mass is 10.3. The van der Waals surface area contributed by atoms with Gasteiger partial charge in [0, 0.05) is 0 Å². The van der Waals surface area contributed by atoms with Gasteiger partial charge in [-0.2, -0.15) is 5.26 Å². The molecule has 0 aliphatic carbocycles. The van der Waals surface area contributed by atoms with E-state index in [2.05, 4.69) is 4.74 Å². The number of alkyl halides is 3. The van der Waals surface area contributed by atoms with Gasteiger partial charge >= 0.3 is 6.36 Å². The Bertz CT molecular complexity index is 412. The molecule has 1 atom stereocenters.